The quantitative estimate of drug-likeness (QED) is 0.758. The number of rotatable bonds is 7. The molecule has 2 rings (SSSR count). The summed E-state index contributed by atoms with van der Waals surface area (Å²) in [7, 11) is 0. The van der Waals surface area contributed by atoms with E-state index in [9.17, 15) is 4.79 Å². The highest BCUT2D eigenvalue weighted by Gasteiger charge is 2.22. The number of nitrogens with zero attached hydrogens (tertiary/aromatic N) is 1. The lowest BCUT2D eigenvalue weighted by molar-refractivity contribution is 0.0952. The molecule has 2 aromatic rings. The van der Waals surface area contributed by atoms with Crippen LogP contribution in [0.2, 0.25) is 5.02 Å². The van der Waals surface area contributed by atoms with E-state index >= 15 is 0 Å². The molecule has 0 atom stereocenters. The van der Waals surface area contributed by atoms with E-state index in [1.165, 1.54) is 12.8 Å². The van der Waals surface area contributed by atoms with E-state index in [-0.39, 0.29) is 5.91 Å². The maximum absolute atomic E-state index is 12.4. The van der Waals surface area contributed by atoms with E-state index in [4.69, 9.17) is 16.1 Å². The molecule has 0 saturated carbocycles. The summed E-state index contributed by atoms with van der Waals surface area (Å²) in [5.74, 6) is 0.339. The molecule has 0 spiro atoms. The molecule has 1 amide bonds. The van der Waals surface area contributed by atoms with Crippen molar-refractivity contribution >= 4 is 17.5 Å². The van der Waals surface area contributed by atoms with Crippen molar-refractivity contribution in [1.29, 1.82) is 0 Å². The molecule has 0 saturated heterocycles. The number of halogens is 1. The van der Waals surface area contributed by atoms with Gasteiger partial charge in [0.05, 0.1) is 5.02 Å². The second-order valence-electron chi connectivity index (χ2n) is 5.26. The number of nitrogens with one attached hydrogen (secondary N) is 1. The largest absolute Gasteiger partial charge is 0.360 e. The zero-order valence-corrected chi connectivity index (χ0v) is 13.7. The van der Waals surface area contributed by atoms with Gasteiger partial charge < -0.3 is 9.84 Å². The van der Waals surface area contributed by atoms with Crippen molar-refractivity contribution in [3.05, 3.63) is 40.6 Å². The van der Waals surface area contributed by atoms with E-state index < -0.39 is 0 Å². The maximum Gasteiger partial charge on any atom is 0.257 e. The third-order valence-electron chi connectivity index (χ3n) is 3.53. The van der Waals surface area contributed by atoms with Crippen molar-refractivity contribution in [1.82, 2.24) is 10.5 Å². The molecule has 0 aliphatic rings. The summed E-state index contributed by atoms with van der Waals surface area (Å²) in [5, 5.41) is 7.49. The van der Waals surface area contributed by atoms with Gasteiger partial charge in [-0.2, -0.15) is 0 Å². The fourth-order valence-corrected chi connectivity index (χ4v) is 2.54. The number of benzene rings is 1. The Balaban J connectivity index is 2.13. The van der Waals surface area contributed by atoms with Crippen molar-refractivity contribution in [3.63, 3.8) is 0 Å². The zero-order chi connectivity index (χ0) is 15.9. The van der Waals surface area contributed by atoms with E-state index in [2.05, 4.69) is 17.4 Å². The molecular formula is C17H21ClN2O2. The summed E-state index contributed by atoms with van der Waals surface area (Å²) in [6.45, 7) is 4.56. The molecule has 0 radical (unpaired) electrons. The fraction of sp³-hybridized carbons (Fsp3) is 0.412. The number of unbranched alkanes of at least 4 members (excludes halogenated alkanes) is 3. The molecule has 1 aromatic heterocycles. The third kappa shape index (κ3) is 3.89. The number of aromatic nitrogens is 1. The Kier molecular flexibility index (Phi) is 6.01. The summed E-state index contributed by atoms with van der Waals surface area (Å²) in [6, 6.07) is 7.30. The summed E-state index contributed by atoms with van der Waals surface area (Å²) in [5.41, 5.74) is 1.66. The first kappa shape index (κ1) is 16.6. The summed E-state index contributed by atoms with van der Waals surface area (Å²) >= 11 is 6.19. The summed E-state index contributed by atoms with van der Waals surface area (Å²) in [4.78, 5) is 12.4. The van der Waals surface area contributed by atoms with Crippen molar-refractivity contribution in [2.45, 2.75) is 39.5 Å². The second kappa shape index (κ2) is 7.99. The van der Waals surface area contributed by atoms with E-state index in [1.807, 2.05) is 18.2 Å². The molecule has 1 N–H and O–H groups in total. The van der Waals surface area contributed by atoms with E-state index in [0.717, 1.165) is 12.8 Å². The standard InChI is InChI=1S/C17H21ClN2O2/c1-3-4-5-8-11-19-17(21)15-12(2)22-20-16(15)13-9-6-7-10-14(13)18/h6-7,9-10H,3-5,8,11H2,1-2H3,(H,19,21). The lowest BCUT2D eigenvalue weighted by atomic mass is 10.1. The Hall–Kier alpha value is -1.81. The van der Waals surface area contributed by atoms with Crippen LogP contribution < -0.4 is 5.32 Å². The minimum absolute atomic E-state index is 0.162. The first-order valence-corrected chi connectivity index (χ1v) is 8.02. The van der Waals surface area contributed by atoms with Crippen molar-refractivity contribution in [2.24, 2.45) is 0 Å². The molecule has 0 aliphatic carbocycles. The minimum atomic E-state index is -0.162. The Morgan fingerprint density at radius 3 is 2.77 bits per heavy atom. The Morgan fingerprint density at radius 1 is 1.27 bits per heavy atom. The average Bonchev–Trinajstić information content (AvgIpc) is 2.89. The molecule has 1 aromatic carbocycles. The number of hydrogen-bond donors (Lipinski definition) is 1. The van der Waals surface area contributed by atoms with Gasteiger partial charge in [-0.1, -0.05) is 61.1 Å². The van der Waals surface area contributed by atoms with Gasteiger partial charge in [-0.15, -0.1) is 0 Å². The normalized spacial score (nSPS) is 10.7. The molecule has 1 heterocycles. The Morgan fingerprint density at radius 2 is 2.05 bits per heavy atom. The molecular weight excluding hydrogens is 300 g/mol. The highest BCUT2D eigenvalue weighted by atomic mass is 35.5. The van der Waals surface area contributed by atoms with Crippen molar-refractivity contribution < 1.29 is 9.32 Å². The van der Waals surface area contributed by atoms with Gasteiger partial charge in [0.1, 0.15) is 17.0 Å². The SMILES string of the molecule is CCCCCCNC(=O)c1c(-c2ccccc2Cl)noc1C. The van der Waals surface area contributed by atoms with Gasteiger partial charge in [0.25, 0.3) is 5.91 Å². The van der Waals surface area contributed by atoms with E-state index in [0.29, 0.717) is 34.1 Å². The molecule has 0 bridgehead atoms. The van der Waals surface area contributed by atoms with Crippen LogP contribution in [0.3, 0.4) is 0 Å². The molecule has 0 aliphatic heterocycles. The van der Waals surface area contributed by atoms with Crippen LogP contribution in [0.25, 0.3) is 11.3 Å². The van der Waals surface area contributed by atoms with Crippen LogP contribution in [-0.2, 0) is 0 Å². The highest BCUT2D eigenvalue weighted by molar-refractivity contribution is 6.33. The van der Waals surface area contributed by atoms with Gasteiger partial charge in [0.2, 0.25) is 0 Å². The number of aryl methyl sites for hydroxylation is 1. The average molecular weight is 321 g/mol. The van der Waals surface area contributed by atoms with Crippen LogP contribution in [-0.4, -0.2) is 17.6 Å². The molecule has 118 valence electrons. The monoisotopic (exact) mass is 320 g/mol. The van der Waals surface area contributed by atoms with Gasteiger partial charge in [0, 0.05) is 12.1 Å². The lowest BCUT2D eigenvalue weighted by Gasteiger charge is -2.06. The van der Waals surface area contributed by atoms with Gasteiger partial charge in [0.15, 0.2) is 0 Å². The van der Waals surface area contributed by atoms with Gasteiger partial charge in [-0.05, 0) is 19.4 Å². The molecule has 22 heavy (non-hydrogen) atoms. The predicted molar refractivity (Wildman–Crippen MR) is 88.2 cm³/mol. The van der Waals surface area contributed by atoms with Crippen LogP contribution in [0.5, 0.6) is 0 Å². The first-order valence-electron chi connectivity index (χ1n) is 7.64. The molecule has 0 fully saturated rings. The first-order chi connectivity index (χ1) is 10.6. The second-order valence-corrected chi connectivity index (χ2v) is 5.67. The van der Waals surface area contributed by atoms with Crippen LogP contribution >= 0.6 is 11.6 Å². The van der Waals surface area contributed by atoms with Crippen molar-refractivity contribution in [2.75, 3.05) is 6.54 Å². The number of hydrogen-bond acceptors (Lipinski definition) is 3. The molecule has 4 nitrogen and oxygen atoms in total. The number of amides is 1. The fourth-order valence-electron chi connectivity index (χ4n) is 2.32. The molecule has 5 heteroatoms. The molecule has 0 unspecified atom stereocenters. The number of carbonyl (C=O) groups excluding carboxylic acids is 1. The van der Waals surface area contributed by atoms with Gasteiger partial charge >= 0.3 is 0 Å². The van der Waals surface area contributed by atoms with Gasteiger partial charge in [-0.25, -0.2) is 0 Å². The summed E-state index contributed by atoms with van der Waals surface area (Å²) in [6.07, 6.45) is 4.46. The van der Waals surface area contributed by atoms with Crippen LogP contribution in [0.15, 0.2) is 28.8 Å². The van der Waals surface area contributed by atoms with Crippen LogP contribution in [0, 0.1) is 6.92 Å². The maximum atomic E-state index is 12.4. The van der Waals surface area contributed by atoms with E-state index in [1.54, 1.807) is 13.0 Å². The minimum Gasteiger partial charge on any atom is -0.360 e. The topological polar surface area (TPSA) is 55.1 Å². The zero-order valence-electron chi connectivity index (χ0n) is 13.0. The van der Waals surface area contributed by atoms with Crippen LogP contribution in [0.4, 0.5) is 0 Å². The number of carbonyl (C=O) groups is 1. The Bertz CT molecular complexity index is 637. The van der Waals surface area contributed by atoms with Crippen LogP contribution in [0.1, 0.15) is 48.7 Å². The lowest BCUT2D eigenvalue weighted by Crippen LogP contribution is -2.25. The smallest absolute Gasteiger partial charge is 0.257 e. The highest BCUT2D eigenvalue weighted by Crippen LogP contribution is 2.30. The Labute approximate surface area is 135 Å². The van der Waals surface area contributed by atoms with Gasteiger partial charge in [-0.3, -0.25) is 4.79 Å². The third-order valence-corrected chi connectivity index (χ3v) is 3.86. The van der Waals surface area contributed by atoms with Crippen molar-refractivity contribution in [3.8, 4) is 11.3 Å². The summed E-state index contributed by atoms with van der Waals surface area (Å²) < 4.78 is 5.20. The predicted octanol–water partition coefficient (Wildman–Crippen LogP) is 4.61.